The third-order valence-electron chi connectivity index (χ3n) is 3.19. The molecule has 1 N–H and O–H groups in total. The second-order valence-corrected chi connectivity index (χ2v) is 4.67. The zero-order chi connectivity index (χ0) is 14.4. The number of aryl methyl sites for hydroxylation is 2. The van der Waals surface area contributed by atoms with Gasteiger partial charge in [0.2, 0.25) is 0 Å². The molecule has 0 fully saturated rings. The van der Waals surface area contributed by atoms with Gasteiger partial charge in [-0.25, -0.2) is 0 Å². The Labute approximate surface area is 115 Å². The topological polar surface area (TPSA) is 47.6 Å². The zero-order valence-corrected chi connectivity index (χ0v) is 12.4. The van der Waals surface area contributed by atoms with Crippen LogP contribution >= 0.6 is 0 Å². The van der Waals surface area contributed by atoms with Gasteiger partial charge >= 0.3 is 5.97 Å². The largest absolute Gasteiger partial charge is 0.494 e. The minimum Gasteiger partial charge on any atom is -0.494 e. The van der Waals surface area contributed by atoms with Gasteiger partial charge in [-0.1, -0.05) is 13.0 Å². The number of carbonyl (C=O) groups excluding carboxylic acids is 1. The molecule has 0 aliphatic rings. The van der Waals surface area contributed by atoms with E-state index in [1.54, 1.807) is 7.11 Å². The van der Waals surface area contributed by atoms with Crippen LogP contribution in [0.25, 0.3) is 0 Å². The maximum absolute atomic E-state index is 11.6. The minimum atomic E-state index is -0.182. The van der Waals surface area contributed by atoms with Gasteiger partial charge in [-0.15, -0.1) is 0 Å². The third-order valence-corrected chi connectivity index (χ3v) is 3.19. The van der Waals surface area contributed by atoms with Gasteiger partial charge in [0.25, 0.3) is 0 Å². The Bertz CT molecular complexity index is 443. The zero-order valence-electron chi connectivity index (χ0n) is 12.4. The summed E-state index contributed by atoms with van der Waals surface area (Å²) in [6, 6.07) is 4.09. The Morgan fingerprint density at radius 2 is 2.00 bits per heavy atom. The van der Waals surface area contributed by atoms with Crippen molar-refractivity contribution in [1.29, 1.82) is 0 Å². The molecule has 4 nitrogen and oxygen atoms in total. The molecular weight excluding hydrogens is 242 g/mol. The van der Waals surface area contributed by atoms with Crippen molar-refractivity contribution in [2.75, 3.05) is 26.1 Å². The van der Waals surface area contributed by atoms with Gasteiger partial charge in [-0.3, -0.25) is 4.79 Å². The second kappa shape index (κ2) is 7.02. The molecule has 106 valence electrons. The summed E-state index contributed by atoms with van der Waals surface area (Å²) in [4.78, 5) is 11.6. The van der Waals surface area contributed by atoms with Crippen molar-refractivity contribution in [2.45, 2.75) is 27.2 Å². The highest BCUT2D eigenvalue weighted by Crippen LogP contribution is 2.30. The molecule has 0 aliphatic heterocycles. The number of anilines is 1. The Kier molecular flexibility index (Phi) is 5.67. The number of nitrogens with one attached hydrogen (secondary N) is 1. The highest BCUT2D eigenvalue weighted by Gasteiger charge is 2.17. The van der Waals surface area contributed by atoms with Crippen LogP contribution in [0.4, 0.5) is 5.69 Å². The van der Waals surface area contributed by atoms with E-state index in [2.05, 4.69) is 11.4 Å². The van der Waals surface area contributed by atoms with Gasteiger partial charge in [0, 0.05) is 6.54 Å². The number of ether oxygens (including phenoxy) is 2. The Hall–Kier alpha value is -1.71. The van der Waals surface area contributed by atoms with Gasteiger partial charge < -0.3 is 14.8 Å². The molecule has 0 spiro atoms. The van der Waals surface area contributed by atoms with Crippen LogP contribution in [0.15, 0.2) is 12.1 Å². The molecule has 0 aliphatic carbocycles. The average molecular weight is 265 g/mol. The monoisotopic (exact) mass is 265 g/mol. The molecule has 4 heteroatoms. The van der Waals surface area contributed by atoms with Crippen LogP contribution in [0, 0.1) is 19.8 Å². The first kappa shape index (κ1) is 15.3. The van der Waals surface area contributed by atoms with Crippen molar-refractivity contribution in [2.24, 2.45) is 5.92 Å². The molecule has 0 saturated carbocycles. The SMILES string of the molecule is CCC(CNc1cc(C)cc(C)c1OC)C(=O)OC. The normalized spacial score (nSPS) is 11.8. The van der Waals surface area contributed by atoms with Crippen molar-refractivity contribution in [3.05, 3.63) is 23.3 Å². The van der Waals surface area contributed by atoms with E-state index in [1.165, 1.54) is 7.11 Å². The summed E-state index contributed by atoms with van der Waals surface area (Å²) >= 11 is 0. The predicted octanol–water partition coefficient (Wildman–Crippen LogP) is 2.92. The lowest BCUT2D eigenvalue weighted by Gasteiger charge is -2.18. The first-order valence-electron chi connectivity index (χ1n) is 6.50. The van der Waals surface area contributed by atoms with E-state index in [4.69, 9.17) is 9.47 Å². The van der Waals surface area contributed by atoms with Crippen molar-refractivity contribution in [3.8, 4) is 5.75 Å². The van der Waals surface area contributed by atoms with Crippen LogP contribution < -0.4 is 10.1 Å². The molecular formula is C15H23NO3. The number of esters is 1. The summed E-state index contributed by atoms with van der Waals surface area (Å²) in [6.07, 6.45) is 0.743. The fourth-order valence-electron chi connectivity index (χ4n) is 2.15. The van der Waals surface area contributed by atoms with Crippen LogP contribution in [-0.4, -0.2) is 26.7 Å². The number of rotatable bonds is 6. The number of hydrogen-bond acceptors (Lipinski definition) is 4. The van der Waals surface area contributed by atoms with Crippen LogP contribution in [0.2, 0.25) is 0 Å². The lowest BCUT2D eigenvalue weighted by molar-refractivity contribution is -0.145. The van der Waals surface area contributed by atoms with E-state index in [-0.39, 0.29) is 11.9 Å². The van der Waals surface area contributed by atoms with Gasteiger partial charge in [-0.2, -0.15) is 0 Å². The summed E-state index contributed by atoms with van der Waals surface area (Å²) in [6.45, 7) is 6.56. The van der Waals surface area contributed by atoms with E-state index < -0.39 is 0 Å². The third kappa shape index (κ3) is 3.88. The Balaban J connectivity index is 2.84. The van der Waals surface area contributed by atoms with Crippen molar-refractivity contribution >= 4 is 11.7 Å². The molecule has 0 bridgehead atoms. The van der Waals surface area contributed by atoms with Crippen LogP contribution in [0.3, 0.4) is 0 Å². The van der Waals surface area contributed by atoms with Gasteiger partial charge in [0.05, 0.1) is 25.8 Å². The van der Waals surface area contributed by atoms with Crippen molar-refractivity contribution in [3.63, 3.8) is 0 Å². The lowest BCUT2D eigenvalue weighted by atomic mass is 10.1. The Morgan fingerprint density at radius 3 is 2.53 bits per heavy atom. The summed E-state index contributed by atoms with van der Waals surface area (Å²) in [5.74, 6) is 0.499. The maximum Gasteiger partial charge on any atom is 0.310 e. The average Bonchev–Trinajstić information content (AvgIpc) is 2.38. The molecule has 1 aromatic rings. The molecule has 19 heavy (non-hydrogen) atoms. The number of hydrogen-bond donors (Lipinski definition) is 1. The molecule has 0 saturated heterocycles. The predicted molar refractivity (Wildman–Crippen MR) is 76.8 cm³/mol. The van der Waals surface area contributed by atoms with Gasteiger partial charge in [0.15, 0.2) is 0 Å². The van der Waals surface area contributed by atoms with Crippen LogP contribution in [0.1, 0.15) is 24.5 Å². The molecule has 1 atom stereocenters. The Morgan fingerprint density at radius 1 is 1.32 bits per heavy atom. The van der Waals surface area contributed by atoms with Crippen molar-refractivity contribution < 1.29 is 14.3 Å². The van der Waals surface area contributed by atoms with E-state index in [1.807, 2.05) is 26.8 Å². The van der Waals surface area contributed by atoms with Gasteiger partial charge in [-0.05, 0) is 37.5 Å². The van der Waals surface area contributed by atoms with Crippen LogP contribution in [-0.2, 0) is 9.53 Å². The second-order valence-electron chi connectivity index (χ2n) is 4.67. The fraction of sp³-hybridized carbons (Fsp3) is 0.533. The van der Waals surface area contributed by atoms with E-state index >= 15 is 0 Å². The van der Waals surface area contributed by atoms with E-state index in [9.17, 15) is 4.79 Å². The maximum atomic E-state index is 11.6. The molecule has 1 aromatic carbocycles. The number of methoxy groups -OCH3 is 2. The summed E-state index contributed by atoms with van der Waals surface area (Å²) in [7, 11) is 3.07. The summed E-state index contributed by atoms with van der Waals surface area (Å²) in [5.41, 5.74) is 3.16. The highest BCUT2D eigenvalue weighted by molar-refractivity contribution is 5.73. The molecule has 0 heterocycles. The molecule has 0 aromatic heterocycles. The first-order valence-corrected chi connectivity index (χ1v) is 6.50. The summed E-state index contributed by atoms with van der Waals surface area (Å²) in [5, 5.41) is 3.29. The molecule has 1 unspecified atom stereocenters. The van der Waals surface area contributed by atoms with Crippen molar-refractivity contribution in [1.82, 2.24) is 0 Å². The minimum absolute atomic E-state index is 0.143. The van der Waals surface area contributed by atoms with E-state index in [0.717, 1.165) is 29.0 Å². The van der Waals surface area contributed by atoms with Gasteiger partial charge in [0.1, 0.15) is 5.75 Å². The quantitative estimate of drug-likeness (QED) is 0.803. The number of benzene rings is 1. The number of carbonyl (C=O) groups is 1. The standard InChI is InChI=1S/C15H23NO3/c1-6-12(15(17)19-5)9-16-13-8-10(2)7-11(3)14(13)18-4/h7-8,12,16H,6,9H2,1-5H3. The molecule has 0 radical (unpaired) electrons. The molecule has 1 rings (SSSR count). The first-order chi connectivity index (χ1) is 9.03. The highest BCUT2D eigenvalue weighted by atomic mass is 16.5. The van der Waals surface area contributed by atoms with Crippen LogP contribution in [0.5, 0.6) is 5.75 Å². The smallest absolute Gasteiger partial charge is 0.310 e. The molecule has 0 amide bonds. The van der Waals surface area contributed by atoms with E-state index in [0.29, 0.717) is 6.54 Å². The lowest BCUT2D eigenvalue weighted by Crippen LogP contribution is -2.24. The fourth-order valence-corrected chi connectivity index (χ4v) is 2.15. The summed E-state index contributed by atoms with van der Waals surface area (Å²) < 4.78 is 10.2.